The smallest absolute Gasteiger partial charge is 0.229 e. The highest BCUT2D eigenvalue weighted by Gasteiger charge is 2.35. The van der Waals surface area contributed by atoms with Crippen LogP contribution in [0.1, 0.15) is 12.3 Å². The minimum Gasteiger partial charge on any atom is -0.339 e. The van der Waals surface area contributed by atoms with E-state index in [4.69, 9.17) is 4.52 Å². The standard InChI is InChI=1S/C20H17BrN4O3/c1-12-22-19(24-28-12)13-4-2-7-17(8-13)25-11-14(9-18(25)26)20(27)23-16-6-3-5-15(21)10-16/h2-8,10,14H,9,11H2,1H3,(H,23,27). The molecule has 3 aromatic rings. The normalized spacial score (nSPS) is 16.4. The Morgan fingerprint density at radius 3 is 2.82 bits per heavy atom. The molecule has 142 valence electrons. The Hall–Kier alpha value is -3.00. The first-order chi connectivity index (χ1) is 13.5. The van der Waals surface area contributed by atoms with E-state index in [1.807, 2.05) is 48.5 Å². The third kappa shape index (κ3) is 3.82. The number of carbonyl (C=O) groups excluding carboxylic acids is 2. The van der Waals surface area contributed by atoms with Crippen molar-refractivity contribution in [3.8, 4) is 11.4 Å². The highest BCUT2D eigenvalue weighted by Crippen LogP contribution is 2.29. The molecular formula is C20H17BrN4O3. The molecule has 1 aliphatic rings. The Bertz CT molecular complexity index is 1050. The molecule has 0 aliphatic carbocycles. The maximum absolute atomic E-state index is 12.6. The Labute approximate surface area is 169 Å². The zero-order valence-electron chi connectivity index (χ0n) is 15.1. The number of hydrogen-bond donors (Lipinski definition) is 1. The lowest BCUT2D eigenvalue weighted by atomic mass is 10.1. The van der Waals surface area contributed by atoms with Gasteiger partial charge >= 0.3 is 0 Å². The van der Waals surface area contributed by atoms with Gasteiger partial charge in [-0.05, 0) is 30.3 Å². The molecule has 1 aromatic heterocycles. The van der Waals surface area contributed by atoms with E-state index < -0.39 is 5.92 Å². The molecule has 7 nitrogen and oxygen atoms in total. The molecule has 0 spiro atoms. The minimum absolute atomic E-state index is 0.0872. The van der Waals surface area contributed by atoms with Crippen LogP contribution in [0.4, 0.5) is 11.4 Å². The molecule has 2 heterocycles. The van der Waals surface area contributed by atoms with Crippen molar-refractivity contribution in [1.82, 2.24) is 10.1 Å². The van der Waals surface area contributed by atoms with Crippen molar-refractivity contribution < 1.29 is 14.1 Å². The summed E-state index contributed by atoms with van der Waals surface area (Å²) in [6.07, 6.45) is 0.172. The van der Waals surface area contributed by atoms with Crippen molar-refractivity contribution in [3.63, 3.8) is 0 Å². The molecule has 2 amide bonds. The van der Waals surface area contributed by atoms with Gasteiger partial charge in [-0.2, -0.15) is 4.98 Å². The summed E-state index contributed by atoms with van der Waals surface area (Å²) >= 11 is 3.38. The molecular weight excluding hydrogens is 424 g/mol. The van der Waals surface area contributed by atoms with Gasteiger partial charge in [0.15, 0.2) is 0 Å². The summed E-state index contributed by atoms with van der Waals surface area (Å²) in [5.74, 6) is 0.272. The van der Waals surface area contributed by atoms with Crippen LogP contribution in [0.5, 0.6) is 0 Å². The molecule has 0 saturated carbocycles. The van der Waals surface area contributed by atoms with E-state index in [9.17, 15) is 9.59 Å². The monoisotopic (exact) mass is 440 g/mol. The van der Waals surface area contributed by atoms with Crippen molar-refractivity contribution >= 4 is 39.1 Å². The molecule has 28 heavy (non-hydrogen) atoms. The van der Waals surface area contributed by atoms with Gasteiger partial charge in [0, 0.05) is 41.3 Å². The summed E-state index contributed by atoms with van der Waals surface area (Å²) < 4.78 is 5.90. The van der Waals surface area contributed by atoms with Gasteiger partial charge in [-0.3, -0.25) is 9.59 Å². The summed E-state index contributed by atoms with van der Waals surface area (Å²) in [6.45, 7) is 2.05. The van der Waals surface area contributed by atoms with Gasteiger partial charge < -0.3 is 14.7 Å². The van der Waals surface area contributed by atoms with Crippen LogP contribution in [0.2, 0.25) is 0 Å². The molecule has 1 saturated heterocycles. The number of amides is 2. The predicted octanol–water partition coefficient (Wildman–Crippen LogP) is 3.80. The molecule has 4 rings (SSSR count). The molecule has 1 unspecified atom stereocenters. The average Bonchev–Trinajstić information content (AvgIpc) is 3.28. The van der Waals surface area contributed by atoms with Gasteiger partial charge in [0.2, 0.25) is 23.5 Å². The summed E-state index contributed by atoms with van der Waals surface area (Å²) in [4.78, 5) is 31.0. The summed E-state index contributed by atoms with van der Waals surface area (Å²) in [5.41, 5.74) is 2.16. The molecule has 1 aliphatic heterocycles. The van der Waals surface area contributed by atoms with Crippen LogP contribution < -0.4 is 10.2 Å². The number of hydrogen-bond acceptors (Lipinski definition) is 5. The van der Waals surface area contributed by atoms with Crippen LogP contribution in [0, 0.1) is 12.8 Å². The number of anilines is 2. The molecule has 1 atom stereocenters. The lowest BCUT2D eigenvalue weighted by molar-refractivity contribution is -0.122. The number of benzene rings is 2. The van der Waals surface area contributed by atoms with E-state index >= 15 is 0 Å². The lowest BCUT2D eigenvalue weighted by Crippen LogP contribution is -2.28. The maximum atomic E-state index is 12.6. The second kappa shape index (κ2) is 7.55. The molecule has 0 bridgehead atoms. The second-order valence-corrected chi connectivity index (χ2v) is 7.51. The molecule has 2 aromatic carbocycles. The van der Waals surface area contributed by atoms with Crippen molar-refractivity contribution in [2.75, 3.05) is 16.8 Å². The zero-order valence-corrected chi connectivity index (χ0v) is 16.6. The van der Waals surface area contributed by atoms with Gasteiger partial charge in [-0.25, -0.2) is 0 Å². The molecule has 0 radical (unpaired) electrons. The van der Waals surface area contributed by atoms with E-state index in [2.05, 4.69) is 31.4 Å². The fraction of sp³-hybridized carbons (Fsp3) is 0.200. The van der Waals surface area contributed by atoms with Crippen LogP contribution in [-0.4, -0.2) is 28.5 Å². The van der Waals surface area contributed by atoms with Crippen LogP contribution in [0.15, 0.2) is 57.5 Å². The minimum atomic E-state index is -0.414. The number of rotatable bonds is 4. The molecule has 1 N–H and O–H groups in total. The van der Waals surface area contributed by atoms with Crippen LogP contribution in [0.25, 0.3) is 11.4 Å². The number of halogens is 1. The first-order valence-electron chi connectivity index (χ1n) is 8.77. The first kappa shape index (κ1) is 18.4. The Morgan fingerprint density at radius 2 is 2.07 bits per heavy atom. The predicted molar refractivity (Wildman–Crippen MR) is 108 cm³/mol. The van der Waals surface area contributed by atoms with E-state index in [-0.39, 0.29) is 18.2 Å². The largest absolute Gasteiger partial charge is 0.339 e. The van der Waals surface area contributed by atoms with E-state index in [0.29, 0.717) is 29.6 Å². The topological polar surface area (TPSA) is 88.3 Å². The summed E-state index contributed by atoms with van der Waals surface area (Å²) in [7, 11) is 0. The van der Waals surface area contributed by atoms with Crippen LogP contribution in [-0.2, 0) is 9.59 Å². The summed E-state index contributed by atoms with van der Waals surface area (Å²) in [5, 5.41) is 6.79. The van der Waals surface area contributed by atoms with Crippen molar-refractivity contribution in [2.45, 2.75) is 13.3 Å². The molecule has 8 heteroatoms. The molecule has 1 fully saturated rings. The zero-order chi connectivity index (χ0) is 19.7. The quantitative estimate of drug-likeness (QED) is 0.666. The first-order valence-corrected chi connectivity index (χ1v) is 9.56. The highest BCUT2D eigenvalue weighted by atomic mass is 79.9. The van der Waals surface area contributed by atoms with Gasteiger partial charge in [-0.15, -0.1) is 0 Å². The SMILES string of the molecule is Cc1nc(-c2cccc(N3CC(C(=O)Nc4cccc(Br)c4)CC3=O)c2)no1. The van der Waals surface area contributed by atoms with Crippen molar-refractivity contribution in [3.05, 3.63) is 58.9 Å². The number of aromatic nitrogens is 2. The lowest BCUT2D eigenvalue weighted by Gasteiger charge is -2.17. The number of nitrogens with zero attached hydrogens (tertiary/aromatic N) is 3. The van der Waals surface area contributed by atoms with Crippen molar-refractivity contribution in [2.24, 2.45) is 5.92 Å². The fourth-order valence-electron chi connectivity index (χ4n) is 3.17. The third-order valence-corrected chi connectivity index (χ3v) is 5.02. The van der Waals surface area contributed by atoms with Gasteiger partial charge in [0.05, 0.1) is 5.92 Å². The number of aryl methyl sites for hydroxylation is 1. The van der Waals surface area contributed by atoms with E-state index in [0.717, 1.165) is 10.0 Å². The number of nitrogens with one attached hydrogen (secondary N) is 1. The fourth-order valence-corrected chi connectivity index (χ4v) is 3.57. The second-order valence-electron chi connectivity index (χ2n) is 6.59. The van der Waals surface area contributed by atoms with Crippen LogP contribution in [0.3, 0.4) is 0 Å². The van der Waals surface area contributed by atoms with Crippen LogP contribution >= 0.6 is 15.9 Å². The van der Waals surface area contributed by atoms with Gasteiger partial charge in [-0.1, -0.05) is 39.3 Å². The van der Waals surface area contributed by atoms with Gasteiger partial charge in [0.1, 0.15) is 0 Å². The summed E-state index contributed by atoms with van der Waals surface area (Å²) in [6, 6.07) is 14.7. The van der Waals surface area contributed by atoms with E-state index in [1.165, 1.54) is 0 Å². The highest BCUT2D eigenvalue weighted by molar-refractivity contribution is 9.10. The Balaban J connectivity index is 1.50. The van der Waals surface area contributed by atoms with E-state index in [1.54, 1.807) is 11.8 Å². The maximum Gasteiger partial charge on any atom is 0.229 e. The number of carbonyl (C=O) groups is 2. The van der Waals surface area contributed by atoms with Crippen molar-refractivity contribution in [1.29, 1.82) is 0 Å². The Morgan fingerprint density at radius 1 is 1.25 bits per heavy atom. The third-order valence-electron chi connectivity index (χ3n) is 4.53. The Kier molecular flexibility index (Phi) is 4.95. The average molecular weight is 441 g/mol. The van der Waals surface area contributed by atoms with Gasteiger partial charge in [0.25, 0.3) is 0 Å².